The van der Waals surface area contributed by atoms with Gasteiger partial charge in [0.1, 0.15) is 5.82 Å². The van der Waals surface area contributed by atoms with E-state index in [2.05, 4.69) is 33.8 Å². The first kappa shape index (κ1) is 18.9. The second kappa shape index (κ2) is 7.91. The molecule has 148 valence electrons. The zero-order valence-electron chi connectivity index (χ0n) is 17.0. The van der Waals surface area contributed by atoms with Crippen molar-refractivity contribution in [1.29, 1.82) is 0 Å². The van der Waals surface area contributed by atoms with Crippen LogP contribution in [0.5, 0.6) is 0 Å². The van der Waals surface area contributed by atoms with Crippen LogP contribution in [0.3, 0.4) is 0 Å². The Hall–Kier alpha value is -3.41. The molecule has 6 nitrogen and oxygen atoms in total. The van der Waals surface area contributed by atoms with Crippen LogP contribution >= 0.6 is 0 Å². The zero-order valence-corrected chi connectivity index (χ0v) is 17.0. The van der Waals surface area contributed by atoms with Crippen molar-refractivity contribution in [3.8, 4) is 5.69 Å². The van der Waals surface area contributed by atoms with Crippen LogP contribution in [-0.4, -0.2) is 25.2 Å². The van der Waals surface area contributed by atoms with Gasteiger partial charge in [0.05, 0.1) is 34.2 Å². The number of nitrogens with zero attached hydrogens (tertiary/aromatic N) is 4. The summed E-state index contributed by atoms with van der Waals surface area (Å²) in [4.78, 5) is 17.6. The number of anilines is 1. The largest absolute Gasteiger partial charge is 0.329 e. The number of aryl methyl sites for hydroxylation is 2. The predicted molar refractivity (Wildman–Crippen MR) is 116 cm³/mol. The number of carbonyl (C=O) groups excluding carboxylic acids is 1. The van der Waals surface area contributed by atoms with Crippen LogP contribution in [0.25, 0.3) is 16.7 Å². The fraction of sp³-hybridized carbons (Fsp3) is 0.261. The van der Waals surface area contributed by atoms with Crippen molar-refractivity contribution in [3.05, 3.63) is 71.8 Å². The number of imidazole rings is 1. The summed E-state index contributed by atoms with van der Waals surface area (Å²) in [6, 6.07) is 15.8. The first-order valence-electron chi connectivity index (χ1n) is 10.0. The Kier molecular flexibility index (Phi) is 5.16. The lowest BCUT2D eigenvalue weighted by Crippen LogP contribution is -2.14. The van der Waals surface area contributed by atoms with Crippen LogP contribution in [-0.2, 0) is 13.0 Å². The fourth-order valence-electron chi connectivity index (χ4n) is 3.76. The Balaban J connectivity index is 1.65. The SMILES string of the molecule is CCCc1c(C(=O)Nc2ccc3c(c2)nc(C)n3CC)cnn1-c1ccccc1. The number of para-hydroxylation sites is 1. The van der Waals surface area contributed by atoms with E-state index in [1.54, 1.807) is 6.20 Å². The summed E-state index contributed by atoms with van der Waals surface area (Å²) in [6.45, 7) is 7.07. The van der Waals surface area contributed by atoms with Gasteiger partial charge in [0.2, 0.25) is 0 Å². The molecule has 0 aliphatic rings. The van der Waals surface area contributed by atoms with Crippen LogP contribution in [0, 0.1) is 6.92 Å². The molecule has 6 heteroatoms. The number of hydrogen-bond acceptors (Lipinski definition) is 3. The quantitative estimate of drug-likeness (QED) is 0.519. The number of nitrogens with one attached hydrogen (secondary N) is 1. The minimum atomic E-state index is -0.151. The van der Waals surface area contributed by atoms with Crippen molar-refractivity contribution in [2.75, 3.05) is 5.32 Å². The molecule has 2 aromatic heterocycles. The Morgan fingerprint density at radius 2 is 1.90 bits per heavy atom. The number of rotatable bonds is 6. The number of amides is 1. The van der Waals surface area contributed by atoms with Crippen molar-refractivity contribution in [2.24, 2.45) is 0 Å². The topological polar surface area (TPSA) is 64.7 Å². The highest BCUT2D eigenvalue weighted by Gasteiger charge is 2.18. The van der Waals surface area contributed by atoms with Crippen molar-refractivity contribution in [2.45, 2.75) is 40.2 Å². The summed E-state index contributed by atoms with van der Waals surface area (Å²) < 4.78 is 4.01. The average molecular weight is 387 g/mol. The molecule has 0 atom stereocenters. The van der Waals surface area contributed by atoms with Crippen molar-refractivity contribution >= 4 is 22.6 Å². The first-order valence-corrected chi connectivity index (χ1v) is 10.0. The van der Waals surface area contributed by atoms with Gasteiger partial charge in [-0.3, -0.25) is 4.79 Å². The standard InChI is InChI=1S/C23H25N5O/c1-4-9-21-19(15-24-28(21)18-10-7-6-8-11-18)23(29)26-17-12-13-22-20(14-17)25-16(3)27(22)5-2/h6-8,10-15H,4-5,9H2,1-3H3,(H,26,29). The van der Waals surface area contributed by atoms with Gasteiger partial charge < -0.3 is 9.88 Å². The molecule has 1 amide bonds. The molecule has 0 saturated carbocycles. The van der Waals surface area contributed by atoms with Gasteiger partial charge in [0, 0.05) is 12.2 Å². The first-order chi connectivity index (χ1) is 14.1. The Morgan fingerprint density at radius 1 is 1.10 bits per heavy atom. The van der Waals surface area contributed by atoms with Crippen molar-refractivity contribution in [1.82, 2.24) is 19.3 Å². The van der Waals surface area contributed by atoms with Gasteiger partial charge in [-0.2, -0.15) is 5.10 Å². The maximum Gasteiger partial charge on any atom is 0.259 e. The maximum absolute atomic E-state index is 13.0. The van der Waals surface area contributed by atoms with E-state index in [1.807, 2.05) is 60.1 Å². The molecular weight excluding hydrogens is 362 g/mol. The number of carbonyl (C=O) groups is 1. The Labute approximate surface area is 170 Å². The van der Waals surface area contributed by atoms with Gasteiger partial charge in [0.15, 0.2) is 0 Å². The predicted octanol–water partition coefficient (Wildman–Crippen LogP) is 4.76. The Bertz CT molecular complexity index is 1160. The molecule has 0 spiro atoms. The van der Waals surface area contributed by atoms with E-state index in [9.17, 15) is 4.79 Å². The molecule has 0 fully saturated rings. The number of aromatic nitrogens is 4. The minimum Gasteiger partial charge on any atom is -0.329 e. The van der Waals surface area contributed by atoms with E-state index < -0.39 is 0 Å². The molecule has 0 unspecified atom stereocenters. The molecule has 0 aliphatic heterocycles. The number of fused-ring (bicyclic) bond motifs is 1. The second-order valence-corrected chi connectivity index (χ2v) is 7.06. The highest BCUT2D eigenvalue weighted by molar-refractivity contribution is 6.05. The average Bonchev–Trinajstić information content (AvgIpc) is 3.28. The summed E-state index contributed by atoms with van der Waals surface area (Å²) in [5.74, 6) is 0.821. The molecule has 2 heterocycles. The highest BCUT2D eigenvalue weighted by atomic mass is 16.1. The minimum absolute atomic E-state index is 0.151. The van der Waals surface area contributed by atoms with Gasteiger partial charge in [-0.1, -0.05) is 31.5 Å². The lowest BCUT2D eigenvalue weighted by atomic mass is 10.1. The monoisotopic (exact) mass is 387 g/mol. The molecule has 0 radical (unpaired) electrons. The zero-order chi connectivity index (χ0) is 20.4. The van der Waals surface area contributed by atoms with Gasteiger partial charge in [-0.25, -0.2) is 9.67 Å². The fourth-order valence-corrected chi connectivity index (χ4v) is 3.76. The van der Waals surface area contributed by atoms with Gasteiger partial charge in [-0.05, 0) is 50.6 Å². The van der Waals surface area contributed by atoms with Gasteiger partial charge >= 0.3 is 0 Å². The van der Waals surface area contributed by atoms with Crippen LogP contribution < -0.4 is 5.32 Å². The lowest BCUT2D eigenvalue weighted by Gasteiger charge is -2.10. The summed E-state index contributed by atoms with van der Waals surface area (Å²) in [6.07, 6.45) is 3.36. The molecule has 2 aromatic carbocycles. The third-order valence-corrected chi connectivity index (χ3v) is 5.11. The van der Waals surface area contributed by atoms with Crippen LogP contribution in [0.1, 0.15) is 42.1 Å². The van der Waals surface area contributed by atoms with Gasteiger partial charge in [-0.15, -0.1) is 0 Å². The number of hydrogen-bond donors (Lipinski definition) is 1. The molecule has 0 aliphatic carbocycles. The molecule has 4 rings (SSSR count). The van der Waals surface area contributed by atoms with Crippen molar-refractivity contribution < 1.29 is 4.79 Å². The van der Waals surface area contributed by atoms with E-state index in [4.69, 9.17) is 0 Å². The normalized spacial score (nSPS) is 11.1. The van der Waals surface area contributed by atoms with Gasteiger partial charge in [0.25, 0.3) is 5.91 Å². The third-order valence-electron chi connectivity index (χ3n) is 5.11. The number of benzene rings is 2. The summed E-state index contributed by atoms with van der Waals surface area (Å²) in [7, 11) is 0. The second-order valence-electron chi connectivity index (χ2n) is 7.06. The van der Waals surface area contributed by atoms with E-state index in [1.165, 1.54) is 0 Å². The highest BCUT2D eigenvalue weighted by Crippen LogP contribution is 2.22. The molecular formula is C23H25N5O. The Morgan fingerprint density at radius 3 is 2.62 bits per heavy atom. The molecule has 1 N–H and O–H groups in total. The summed E-state index contributed by atoms with van der Waals surface area (Å²) >= 11 is 0. The summed E-state index contributed by atoms with van der Waals surface area (Å²) in [5, 5.41) is 7.50. The van der Waals surface area contributed by atoms with E-state index >= 15 is 0 Å². The van der Waals surface area contributed by atoms with Crippen LogP contribution in [0.2, 0.25) is 0 Å². The molecule has 29 heavy (non-hydrogen) atoms. The van der Waals surface area contributed by atoms with Crippen LogP contribution in [0.15, 0.2) is 54.7 Å². The van der Waals surface area contributed by atoms with Crippen molar-refractivity contribution in [3.63, 3.8) is 0 Å². The summed E-state index contributed by atoms with van der Waals surface area (Å²) in [5.41, 5.74) is 5.17. The smallest absolute Gasteiger partial charge is 0.259 e. The molecule has 0 saturated heterocycles. The van der Waals surface area contributed by atoms with E-state index in [-0.39, 0.29) is 5.91 Å². The van der Waals surface area contributed by atoms with E-state index in [0.717, 1.165) is 53.3 Å². The molecule has 0 bridgehead atoms. The third kappa shape index (κ3) is 3.53. The van der Waals surface area contributed by atoms with E-state index in [0.29, 0.717) is 5.56 Å². The van der Waals surface area contributed by atoms with Crippen LogP contribution in [0.4, 0.5) is 5.69 Å². The lowest BCUT2D eigenvalue weighted by molar-refractivity contribution is 0.102. The maximum atomic E-state index is 13.0. The molecule has 4 aromatic rings.